The molecule has 0 aromatic heterocycles. The van der Waals surface area contributed by atoms with Crippen LogP contribution in [0, 0.1) is 5.41 Å². The molecule has 0 aromatic carbocycles. The van der Waals surface area contributed by atoms with Crippen LogP contribution in [0.15, 0.2) is 0 Å². The van der Waals surface area contributed by atoms with Crippen molar-refractivity contribution in [1.82, 2.24) is 0 Å². The molecule has 0 unspecified atom stereocenters. The van der Waals surface area contributed by atoms with Gasteiger partial charge in [0.25, 0.3) is 0 Å². The Bertz CT molecular complexity index is 109. The monoisotopic (exact) mass is 224 g/mol. The van der Waals surface area contributed by atoms with Crippen molar-refractivity contribution in [2.45, 2.75) is 52.4 Å². The normalized spacial score (nSPS) is 12.0. The zero-order chi connectivity index (χ0) is 10.2. The lowest BCUT2D eigenvalue weighted by Crippen LogP contribution is -2.20. The van der Waals surface area contributed by atoms with Gasteiger partial charge in [-0.1, -0.05) is 46.0 Å². The maximum Gasteiger partial charge on any atom is 0.0288 e. The summed E-state index contributed by atoms with van der Waals surface area (Å²) in [4.78, 5) is 0. The molecule has 80 valence electrons. The van der Waals surface area contributed by atoms with Gasteiger partial charge in [-0.25, -0.2) is 0 Å². The van der Waals surface area contributed by atoms with E-state index in [2.05, 4.69) is 13.8 Å². The van der Waals surface area contributed by atoms with E-state index in [0.717, 1.165) is 0 Å². The summed E-state index contributed by atoms with van der Waals surface area (Å²) in [5, 5.41) is 0. The highest BCUT2D eigenvalue weighted by Crippen LogP contribution is 2.27. The highest BCUT2D eigenvalue weighted by molar-refractivity contribution is 6.21. The maximum atomic E-state index is 5.86. The Morgan fingerprint density at radius 2 is 1.46 bits per heavy atom. The van der Waals surface area contributed by atoms with Gasteiger partial charge in [-0.15, -0.1) is 23.2 Å². The summed E-state index contributed by atoms with van der Waals surface area (Å²) in [7, 11) is 0. The third-order valence-corrected chi connectivity index (χ3v) is 3.82. The number of alkyl halides is 2. The van der Waals surface area contributed by atoms with Crippen LogP contribution in [0.5, 0.6) is 0 Å². The molecular weight excluding hydrogens is 203 g/mol. The fourth-order valence-corrected chi connectivity index (χ4v) is 1.88. The van der Waals surface area contributed by atoms with Crippen molar-refractivity contribution in [2.75, 3.05) is 11.8 Å². The largest absolute Gasteiger partial charge is 0.126 e. The van der Waals surface area contributed by atoms with E-state index >= 15 is 0 Å². The van der Waals surface area contributed by atoms with Crippen LogP contribution >= 0.6 is 23.2 Å². The zero-order valence-electron chi connectivity index (χ0n) is 8.91. The van der Waals surface area contributed by atoms with E-state index in [1.54, 1.807) is 0 Å². The molecule has 0 nitrogen and oxygen atoms in total. The summed E-state index contributed by atoms with van der Waals surface area (Å²) >= 11 is 11.7. The third-order valence-electron chi connectivity index (χ3n) is 2.53. The number of hydrogen-bond acceptors (Lipinski definition) is 0. The molecule has 0 bridgehead atoms. The van der Waals surface area contributed by atoms with E-state index in [4.69, 9.17) is 23.2 Å². The molecule has 0 aliphatic carbocycles. The van der Waals surface area contributed by atoms with Gasteiger partial charge in [-0.2, -0.15) is 0 Å². The summed E-state index contributed by atoms with van der Waals surface area (Å²) < 4.78 is 0. The van der Waals surface area contributed by atoms with Crippen LogP contribution in [0.4, 0.5) is 0 Å². The summed E-state index contributed by atoms with van der Waals surface area (Å²) in [6.07, 6.45) is 7.80. The summed E-state index contributed by atoms with van der Waals surface area (Å²) in [5.74, 6) is 1.37. The molecule has 0 aliphatic heterocycles. The number of rotatable bonds is 8. The van der Waals surface area contributed by atoms with Crippen LogP contribution in [0.1, 0.15) is 52.4 Å². The maximum absolute atomic E-state index is 5.86. The summed E-state index contributed by atoms with van der Waals surface area (Å²) in [6.45, 7) is 4.41. The predicted octanol–water partition coefficient (Wildman–Crippen LogP) is 4.83. The first-order valence-corrected chi connectivity index (χ1v) is 6.37. The van der Waals surface area contributed by atoms with E-state index in [1.807, 2.05) is 0 Å². The van der Waals surface area contributed by atoms with E-state index in [0.29, 0.717) is 11.8 Å². The van der Waals surface area contributed by atoms with Crippen molar-refractivity contribution in [1.29, 1.82) is 0 Å². The van der Waals surface area contributed by atoms with Gasteiger partial charge in [-0.3, -0.25) is 0 Å². The molecule has 0 amide bonds. The zero-order valence-corrected chi connectivity index (χ0v) is 10.4. The summed E-state index contributed by atoms with van der Waals surface area (Å²) in [6, 6.07) is 0. The first-order chi connectivity index (χ1) is 6.18. The second-order valence-corrected chi connectivity index (χ2v) is 4.78. The molecule has 2 heteroatoms. The molecule has 13 heavy (non-hydrogen) atoms. The van der Waals surface area contributed by atoms with Gasteiger partial charge in [0.05, 0.1) is 0 Å². The van der Waals surface area contributed by atoms with Gasteiger partial charge in [-0.05, 0) is 11.8 Å². The van der Waals surface area contributed by atoms with Gasteiger partial charge in [0.15, 0.2) is 0 Å². The Morgan fingerprint density at radius 3 is 1.92 bits per heavy atom. The molecule has 0 spiro atoms. The van der Waals surface area contributed by atoms with Crippen LogP contribution in [0.25, 0.3) is 0 Å². The second kappa shape index (κ2) is 7.94. The minimum Gasteiger partial charge on any atom is -0.126 e. The first-order valence-electron chi connectivity index (χ1n) is 5.30. The van der Waals surface area contributed by atoms with Crippen molar-refractivity contribution in [3.8, 4) is 0 Å². The highest BCUT2D eigenvalue weighted by Gasteiger charge is 2.20. The number of hydrogen-bond donors (Lipinski definition) is 0. The molecule has 0 aliphatic rings. The Labute approximate surface area is 93.0 Å². The first kappa shape index (κ1) is 13.6. The summed E-state index contributed by atoms with van der Waals surface area (Å²) in [5.41, 5.74) is 0.162. The molecule has 0 saturated heterocycles. The Kier molecular flexibility index (Phi) is 8.29. The average Bonchev–Trinajstić information content (AvgIpc) is 2.17. The van der Waals surface area contributed by atoms with Gasteiger partial charge in [0.2, 0.25) is 0 Å². The molecule has 0 radical (unpaired) electrons. The molecule has 0 saturated carbocycles. The standard InChI is InChI=1S/C11H22Cl2/c1-3-4-5-6-7-8-11(2,9-12)10-13/h3-10H2,1-2H3. The molecule has 0 heterocycles. The minimum atomic E-state index is 0.162. The SMILES string of the molecule is CCCCCCCC(C)(CCl)CCl. The van der Waals surface area contributed by atoms with E-state index in [-0.39, 0.29) is 5.41 Å². The van der Waals surface area contributed by atoms with Crippen molar-refractivity contribution in [2.24, 2.45) is 5.41 Å². The van der Waals surface area contributed by atoms with Crippen LogP contribution in [-0.2, 0) is 0 Å². The van der Waals surface area contributed by atoms with Gasteiger partial charge < -0.3 is 0 Å². The Hall–Kier alpha value is 0.580. The Balaban J connectivity index is 3.39. The molecule has 0 N–H and O–H groups in total. The Morgan fingerprint density at radius 1 is 0.923 bits per heavy atom. The second-order valence-electron chi connectivity index (χ2n) is 4.24. The van der Waals surface area contributed by atoms with E-state index in [9.17, 15) is 0 Å². The molecule has 0 fully saturated rings. The van der Waals surface area contributed by atoms with Crippen LogP contribution in [-0.4, -0.2) is 11.8 Å². The van der Waals surface area contributed by atoms with Gasteiger partial charge in [0, 0.05) is 11.8 Å². The molecular formula is C11H22Cl2. The highest BCUT2D eigenvalue weighted by atomic mass is 35.5. The fraction of sp³-hybridized carbons (Fsp3) is 1.00. The van der Waals surface area contributed by atoms with Crippen LogP contribution in [0.3, 0.4) is 0 Å². The van der Waals surface area contributed by atoms with Crippen molar-refractivity contribution in [3.05, 3.63) is 0 Å². The number of halogens is 2. The van der Waals surface area contributed by atoms with Crippen molar-refractivity contribution >= 4 is 23.2 Å². The smallest absolute Gasteiger partial charge is 0.0288 e. The van der Waals surface area contributed by atoms with Gasteiger partial charge >= 0.3 is 0 Å². The topological polar surface area (TPSA) is 0 Å². The number of unbranched alkanes of at least 4 members (excludes halogenated alkanes) is 4. The van der Waals surface area contributed by atoms with Crippen LogP contribution in [0.2, 0.25) is 0 Å². The van der Waals surface area contributed by atoms with Crippen molar-refractivity contribution in [3.63, 3.8) is 0 Å². The lowest BCUT2D eigenvalue weighted by molar-refractivity contribution is 0.368. The fourth-order valence-electron chi connectivity index (χ4n) is 1.32. The minimum absolute atomic E-state index is 0.162. The van der Waals surface area contributed by atoms with Crippen LogP contribution < -0.4 is 0 Å². The lowest BCUT2D eigenvalue weighted by Gasteiger charge is -2.23. The quantitative estimate of drug-likeness (QED) is 0.410. The average molecular weight is 225 g/mol. The molecule has 0 rings (SSSR count). The third kappa shape index (κ3) is 6.62. The van der Waals surface area contributed by atoms with Gasteiger partial charge in [0.1, 0.15) is 0 Å². The van der Waals surface area contributed by atoms with Crippen molar-refractivity contribution < 1.29 is 0 Å². The van der Waals surface area contributed by atoms with E-state index in [1.165, 1.54) is 38.5 Å². The molecule has 0 aromatic rings. The molecule has 0 atom stereocenters. The van der Waals surface area contributed by atoms with E-state index < -0.39 is 0 Å². The predicted molar refractivity (Wildman–Crippen MR) is 62.9 cm³/mol. The lowest BCUT2D eigenvalue weighted by atomic mass is 9.89.